The summed E-state index contributed by atoms with van der Waals surface area (Å²) in [4.78, 5) is 9.42. The average Bonchev–Trinajstić information content (AvgIpc) is 2.67. The van der Waals surface area contributed by atoms with Gasteiger partial charge in [0.15, 0.2) is 0 Å². The first kappa shape index (κ1) is 18.7. The molecule has 0 aliphatic carbocycles. The van der Waals surface area contributed by atoms with Crippen molar-refractivity contribution < 1.29 is 0 Å². The van der Waals surface area contributed by atoms with Gasteiger partial charge in [-0.05, 0) is 43.3 Å². The molecule has 0 radical (unpaired) electrons. The molecule has 1 aliphatic rings. The van der Waals surface area contributed by atoms with Crippen molar-refractivity contribution in [2.45, 2.75) is 19.9 Å². The van der Waals surface area contributed by atoms with Crippen molar-refractivity contribution in [3.8, 4) is 0 Å². The van der Waals surface area contributed by atoms with Crippen LogP contribution in [-0.2, 0) is 6.54 Å². The van der Waals surface area contributed by atoms with Crippen molar-refractivity contribution in [2.24, 2.45) is 0 Å². The fourth-order valence-electron chi connectivity index (χ4n) is 3.06. The first-order valence-corrected chi connectivity index (χ1v) is 9.62. The molecule has 0 atom stereocenters. The van der Waals surface area contributed by atoms with Crippen molar-refractivity contribution in [1.82, 2.24) is 15.2 Å². The summed E-state index contributed by atoms with van der Waals surface area (Å²) in [5, 5.41) is 4.30. The number of hydrogen-bond acceptors (Lipinski definition) is 4. The first-order chi connectivity index (χ1) is 12.7. The summed E-state index contributed by atoms with van der Waals surface area (Å²) >= 11 is 5.96. The number of benzene rings is 1. The molecule has 1 aromatic heterocycles. The van der Waals surface area contributed by atoms with Crippen LogP contribution in [0.25, 0.3) is 5.70 Å². The van der Waals surface area contributed by atoms with Crippen LogP contribution < -0.4 is 10.2 Å². The maximum atomic E-state index is 5.96. The third-order valence-electron chi connectivity index (χ3n) is 4.69. The highest BCUT2D eigenvalue weighted by Gasteiger charge is 2.15. The van der Waals surface area contributed by atoms with E-state index in [9.17, 15) is 0 Å². The molecule has 2 heterocycles. The summed E-state index contributed by atoms with van der Waals surface area (Å²) in [5.41, 5.74) is 3.46. The number of nitrogens with one attached hydrogen (secondary N) is 1. The van der Waals surface area contributed by atoms with Crippen LogP contribution in [0.15, 0.2) is 48.7 Å². The van der Waals surface area contributed by atoms with Crippen molar-refractivity contribution in [2.75, 3.05) is 38.1 Å². The van der Waals surface area contributed by atoms with Gasteiger partial charge in [0.25, 0.3) is 0 Å². The lowest BCUT2D eigenvalue weighted by molar-refractivity contribution is 0.312. The summed E-state index contributed by atoms with van der Waals surface area (Å²) in [7, 11) is 2.17. The summed E-state index contributed by atoms with van der Waals surface area (Å²) in [6.45, 7) is 7.17. The van der Waals surface area contributed by atoms with Gasteiger partial charge in [0.1, 0.15) is 5.82 Å². The van der Waals surface area contributed by atoms with Gasteiger partial charge in [-0.15, -0.1) is 0 Å². The molecule has 3 rings (SSSR count). The molecule has 1 saturated heterocycles. The van der Waals surface area contributed by atoms with Crippen LogP contribution in [0, 0.1) is 0 Å². The lowest BCUT2D eigenvalue weighted by Crippen LogP contribution is -2.44. The average molecular weight is 371 g/mol. The Morgan fingerprint density at radius 1 is 1.12 bits per heavy atom. The number of likely N-dealkylation sites (N-methyl/N-ethyl adjacent to an activating group) is 1. The van der Waals surface area contributed by atoms with Gasteiger partial charge in [0, 0.05) is 55.2 Å². The minimum Gasteiger partial charge on any atom is -0.381 e. The number of anilines is 1. The highest BCUT2D eigenvalue weighted by atomic mass is 35.5. The number of allylic oxidation sites excluding steroid dienone is 1. The van der Waals surface area contributed by atoms with E-state index in [2.05, 4.69) is 47.3 Å². The Balaban J connectivity index is 1.66. The first-order valence-electron chi connectivity index (χ1n) is 9.24. The zero-order valence-electron chi connectivity index (χ0n) is 15.6. The highest BCUT2D eigenvalue weighted by molar-refractivity contribution is 6.30. The van der Waals surface area contributed by atoms with Gasteiger partial charge in [0.05, 0.1) is 0 Å². The highest BCUT2D eigenvalue weighted by Crippen LogP contribution is 2.18. The van der Waals surface area contributed by atoms with E-state index in [0.717, 1.165) is 61.2 Å². The zero-order chi connectivity index (χ0) is 18.4. The predicted octanol–water partition coefficient (Wildman–Crippen LogP) is 4.03. The second kappa shape index (κ2) is 9.06. The number of nitrogens with zero attached hydrogens (tertiary/aromatic N) is 3. The fourth-order valence-corrected chi connectivity index (χ4v) is 3.19. The molecule has 1 N–H and O–H groups in total. The second-order valence-electron chi connectivity index (χ2n) is 6.70. The normalized spacial score (nSPS) is 16.0. The van der Waals surface area contributed by atoms with Crippen LogP contribution >= 0.6 is 11.6 Å². The van der Waals surface area contributed by atoms with E-state index in [1.54, 1.807) is 0 Å². The molecule has 0 amide bonds. The number of rotatable bonds is 6. The zero-order valence-corrected chi connectivity index (χ0v) is 16.3. The van der Waals surface area contributed by atoms with E-state index in [-0.39, 0.29) is 0 Å². The fraction of sp³-hybridized carbons (Fsp3) is 0.381. The van der Waals surface area contributed by atoms with E-state index < -0.39 is 0 Å². The molecule has 26 heavy (non-hydrogen) atoms. The molecule has 1 fully saturated rings. The van der Waals surface area contributed by atoms with Gasteiger partial charge < -0.3 is 15.1 Å². The summed E-state index contributed by atoms with van der Waals surface area (Å²) in [6, 6.07) is 12.2. The Morgan fingerprint density at radius 3 is 2.46 bits per heavy atom. The van der Waals surface area contributed by atoms with Crippen LogP contribution in [0.1, 0.15) is 24.5 Å². The Bertz CT molecular complexity index is 717. The molecule has 1 aliphatic heterocycles. The molecular formula is C21H27ClN4. The maximum Gasteiger partial charge on any atom is 0.128 e. The van der Waals surface area contributed by atoms with Crippen LogP contribution in [0.2, 0.25) is 5.02 Å². The van der Waals surface area contributed by atoms with E-state index in [4.69, 9.17) is 16.6 Å². The molecule has 0 unspecified atom stereocenters. The largest absolute Gasteiger partial charge is 0.381 e. The molecule has 4 nitrogen and oxygen atoms in total. The third kappa shape index (κ3) is 4.99. The summed E-state index contributed by atoms with van der Waals surface area (Å²) in [5.74, 6) is 1.07. The smallest absolute Gasteiger partial charge is 0.128 e. The van der Waals surface area contributed by atoms with E-state index in [0.29, 0.717) is 0 Å². The van der Waals surface area contributed by atoms with Crippen LogP contribution in [-0.4, -0.2) is 43.1 Å². The van der Waals surface area contributed by atoms with E-state index in [1.807, 2.05) is 30.5 Å². The van der Waals surface area contributed by atoms with Gasteiger partial charge >= 0.3 is 0 Å². The minimum atomic E-state index is 0.766. The molecule has 0 saturated carbocycles. The number of piperazine rings is 1. The maximum absolute atomic E-state index is 5.96. The number of aromatic nitrogens is 1. The molecule has 138 valence electrons. The number of pyridine rings is 1. The van der Waals surface area contributed by atoms with Crippen LogP contribution in [0.4, 0.5) is 5.82 Å². The van der Waals surface area contributed by atoms with Gasteiger partial charge in [0.2, 0.25) is 0 Å². The number of halogens is 1. The monoisotopic (exact) mass is 370 g/mol. The molecule has 0 spiro atoms. The standard InChI is InChI=1S/C21H27ClN4/c1-3-4-20(23-15-17-5-8-19(22)9-6-17)18-7-10-21(24-16-18)26-13-11-25(2)12-14-26/h4-10,16,23H,3,11-15H2,1-2H3/b20-4+. The summed E-state index contributed by atoms with van der Waals surface area (Å²) in [6.07, 6.45) is 5.16. The summed E-state index contributed by atoms with van der Waals surface area (Å²) < 4.78 is 0. The van der Waals surface area contributed by atoms with Gasteiger partial charge in [-0.2, -0.15) is 0 Å². The minimum absolute atomic E-state index is 0.766. The van der Waals surface area contributed by atoms with Crippen LogP contribution in [0.5, 0.6) is 0 Å². The Labute approximate surface area is 161 Å². The second-order valence-corrected chi connectivity index (χ2v) is 7.14. The van der Waals surface area contributed by atoms with Crippen molar-refractivity contribution in [1.29, 1.82) is 0 Å². The lowest BCUT2D eigenvalue weighted by atomic mass is 10.1. The molecule has 2 aromatic rings. The predicted molar refractivity (Wildman–Crippen MR) is 111 cm³/mol. The third-order valence-corrected chi connectivity index (χ3v) is 4.94. The van der Waals surface area contributed by atoms with Crippen molar-refractivity contribution in [3.05, 3.63) is 64.8 Å². The van der Waals surface area contributed by atoms with E-state index >= 15 is 0 Å². The van der Waals surface area contributed by atoms with E-state index in [1.165, 1.54) is 5.56 Å². The number of hydrogen-bond donors (Lipinski definition) is 1. The van der Waals surface area contributed by atoms with Gasteiger partial charge in [-0.1, -0.05) is 36.7 Å². The molecule has 5 heteroatoms. The SMILES string of the molecule is CC/C=C(/NCc1ccc(Cl)cc1)c1ccc(N2CCN(C)CC2)nc1. The lowest BCUT2D eigenvalue weighted by Gasteiger charge is -2.33. The Kier molecular flexibility index (Phi) is 6.53. The topological polar surface area (TPSA) is 31.4 Å². The van der Waals surface area contributed by atoms with Crippen molar-refractivity contribution in [3.63, 3.8) is 0 Å². The molecule has 1 aromatic carbocycles. The van der Waals surface area contributed by atoms with Gasteiger partial charge in [-0.3, -0.25) is 0 Å². The van der Waals surface area contributed by atoms with Crippen LogP contribution in [0.3, 0.4) is 0 Å². The molecule has 0 bridgehead atoms. The van der Waals surface area contributed by atoms with Crippen molar-refractivity contribution >= 4 is 23.1 Å². The van der Waals surface area contributed by atoms with Gasteiger partial charge in [-0.25, -0.2) is 4.98 Å². The molecular weight excluding hydrogens is 344 g/mol. The Morgan fingerprint density at radius 2 is 1.85 bits per heavy atom. The quantitative estimate of drug-likeness (QED) is 0.831. The Hall–Kier alpha value is -2.04.